The maximum Gasteiger partial charge on any atom is 0.191 e. The summed E-state index contributed by atoms with van der Waals surface area (Å²) in [6, 6.07) is 8.58. The number of hydrogen-bond acceptors (Lipinski definition) is 3. The van der Waals surface area contributed by atoms with Crippen LogP contribution < -0.4 is 10.6 Å². The molecule has 2 saturated heterocycles. The zero-order chi connectivity index (χ0) is 21.7. The van der Waals surface area contributed by atoms with Gasteiger partial charge >= 0.3 is 0 Å². The van der Waals surface area contributed by atoms with Crippen molar-refractivity contribution in [2.45, 2.75) is 51.0 Å². The highest BCUT2D eigenvalue weighted by atomic mass is 15.3. The number of aliphatic imine (C=N–C) groups is 1. The maximum atomic E-state index is 4.52. The number of H-pyrrole nitrogens is 1. The smallest absolute Gasteiger partial charge is 0.191 e. The molecule has 170 valence electrons. The van der Waals surface area contributed by atoms with Crippen molar-refractivity contribution in [2.75, 3.05) is 53.4 Å². The van der Waals surface area contributed by atoms with Gasteiger partial charge in [0.1, 0.15) is 0 Å². The normalized spacial score (nSPS) is 20.8. The number of nitrogens with zero attached hydrogens (tertiary/aromatic N) is 3. The zero-order valence-electron chi connectivity index (χ0n) is 19.6. The molecule has 6 heteroatoms. The second kappa shape index (κ2) is 10.0. The maximum absolute atomic E-state index is 4.52. The second-order valence-corrected chi connectivity index (χ2v) is 9.45. The lowest BCUT2D eigenvalue weighted by Gasteiger charge is -2.50. The van der Waals surface area contributed by atoms with E-state index in [0.29, 0.717) is 0 Å². The van der Waals surface area contributed by atoms with Gasteiger partial charge in [0.2, 0.25) is 0 Å². The third kappa shape index (κ3) is 5.07. The van der Waals surface area contributed by atoms with Gasteiger partial charge in [-0.3, -0.25) is 9.89 Å². The fourth-order valence-corrected chi connectivity index (χ4v) is 5.44. The minimum atomic E-state index is 0.262. The number of nitrogens with one attached hydrogen (secondary N) is 3. The van der Waals surface area contributed by atoms with E-state index in [9.17, 15) is 0 Å². The largest absolute Gasteiger partial charge is 0.358 e. The van der Waals surface area contributed by atoms with Gasteiger partial charge in [-0.2, -0.15) is 0 Å². The number of aromatic nitrogens is 1. The van der Waals surface area contributed by atoms with Crippen LogP contribution in [0.25, 0.3) is 10.9 Å². The number of piperidine rings is 2. The van der Waals surface area contributed by atoms with Crippen LogP contribution in [0, 0.1) is 6.92 Å². The number of rotatable bonds is 6. The van der Waals surface area contributed by atoms with E-state index in [1.807, 2.05) is 7.05 Å². The van der Waals surface area contributed by atoms with E-state index in [2.05, 4.69) is 68.6 Å². The van der Waals surface area contributed by atoms with Gasteiger partial charge < -0.3 is 20.5 Å². The lowest BCUT2D eigenvalue weighted by Crippen LogP contribution is -2.62. The standard InChI is InChI=1S/C25H40N6/c1-20-21(22-9-5-6-10-23(22)29-20)11-14-27-24(26-2)28-19-25(12-17-30(3)18-13-25)31-15-7-4-8-16-31/h5-6,9-10,29H,4,7-8,11-19H2,1-3H3,(H2,26,27,28). The minimum Gasteiger partial charge on any atom is -0.358 e. The second-order valence-electron chi connectivity index (χ2n) is 9.45. The summed E-state index contributed by atoms with van der Waals surface area (Å²) in [5, 5.41) is 8.59. The fraction of sp³-hybridized carbons (Fsp3) is 0.640. The Labute approximate surface area is 187 Å². The lowest BCUT2D eigenvalue weighted by molar-refractivity contribution is 0.0173. The number of fused-ring (bicyclic) bond motifs is 1. The molecule has 4 rings (SSSR count). The zero-order valence-corrected chi connectivity index (χ0v) is 19.6. The van der Waals surface area contributed by atoms with Crippen molar-refractivity contribution in [3.05, 3.63) is 35.5 Å². The lowest BCUT2D eigenvalue weighted by atomic mass is 9.84. The van der Waals surface area contributed by atoms with Crippen LogP contribution in [0.5, 0.6) is 0 Å². The molecule has 0 atom stereocenters. The first-order valence-electron chi connectivity index (χ1n) is 12.1. The molecule has 1 aromatic heterocycles. The number of guanidine groups is 1. The number of likely N-dealkylation sites (tertiary alicyclic amines) is 2. The SMILES string of the molecule is CN=C(NCCc1c(C)[nH]c2ccccc12)NCC1(N2CCCCC2)CCN(C)CC1. The van der Waals surface area contributed by atoms with Crippen molar-refractivity contribution in [3.63, 3.8) is 0 Å². The van der Waals surface area contributed by atoms with Gasteiger partial charge in [-0.15, -0.1) is 0 Å². The van der Waals surface area contributed by atoms with Crippen LogP contribution in [0.1, 0.15) is 43.4 Å². The molecule has 0 saturated carbocycles. The number of para-hydroxylation sites is 1. The van der Waals surface area contributed by atoms with Gasteiger partial charge in [0.05, 0.1) is 0 Å². The summed E-state index contributed by atoms with van der Waals surface area (Å²) in [6.45, 7) is 8.89. The van der Waals surface area contributed by atoms with Gasteiger partial charge in [-0.05, 0) is 83.9 Å². The summed E-state index contributed by atoms with van der Waals surface area (Å²) in [6.07, 6.45) is 7.53. The van der Waals surface area contributed by atoms with E-state index in [-0.39, 0.29) is 5.54 Å². The van der Waals surface area contributed by atoms with Crippen molar-refractivity contribution in [2.24, 2.45) is 4.99 Å². The monoisotopic (exact) mass is 424 g/mol. The van der Waals surface area contributed by atoms with Crippen molar-refractivity contribution in [1.29, 1.82) is 0 Å². The van der Waals surface area contributed by atoms with E-state index < -0.39 is 0 Å². The van der Waals surface area contributed by atoms with Gasteiger partial charge in [-0.1, -0.05) is 24.6 Å². The molecule has 2 aliphatic heterocycles. The fourth-order valence-electron chi connectivity index (χ4n) is 5.44. The molecule has 0 radical (unpaired) electrons. The molecule has 0 spiro atoms. The Bertz CT molecular complexity index is 871. The highest BCUT2D eigenvalue weighted by Crippen LogP contribution is 2.31. The molecule has 3 N–H and O–H groups in total. The topological polar surface area (TPSA) is 58.7 Å². The molecule has 0 amide bonds. The predicted molar refractivity (Wildman–Crippen MR) is 131 cm³/mol. The first kappa shape index (κ1) is 22.2. The minimum absolute atomic E-state index is 0.262. The molecule has 2 fully saturated rings. The van der Waals surface area contributed by atoms with Crippen LogP contribution in [-0.4, -0.2) is 79.6 Å². The Balaban J connectivity index is 1.35. The Morgan fingerprint density at radius 3 is 2.55 bits per heavy atom. The molecule has 0 bridgehead atoms. The van der Waals surface area contributed by atoms with Gasteiger partial charge in [0, 0.05) is 42.3 Å². The summed E-state index contributed by atoms with van der Waals surface area (Å²) < 4.78 is 0. The van der Waals surface area contributed by atoms with Crippen molar-refractivity contribution in [3.8, 4) is 0 Å². The highest BCUT2D eigenvalue weighted by Gasteiger charge is 2.39. The van der Waals surface area contributed by atoms with Crippen molar-refractivity contribution in [1.82, 2.24) is 25.4 Å². The highest BCUT2D eigenvalue weighted by molar-refractivity contribution is 5.84. The first-order valence-corrected chi connectivity index (χ1v) is 12.1. The van der Waals surface area contributed by atoms with Crippen molar-refractivity contribution < 1.29 is 0 Å². The van der Waals surface area contributed by atoms with Crippen LogP contribution in [0.3, 0.4) is 0 Å². The van der Waals surface area contributed by atoms with Gasteiger partial charge in [0.25, 0.3) is 0 Å². The molecule has 2 aliphatic rings. The average molecular weight is 425 g/mol. The van der Waals surface area contributed by atoms with E-state index in [1.165, 1.54) is 80.4 Å². The molecular formula is C25H40N6. The molecule has 1 aromatic carbocycles. The van der Waals surface area contributed by atoms with Crippen LogP contribution in [0.15, 0.2) is 29.3 Å². The quantitative estimate of drug-likeness (QED) is 0.493. The van der Waals surface area contributed by atoms with Gasteiger partial charge in [-0.25, -0.2) is 0 Å². The predicted octanol–water partition coefficient (Wildman–Crippen LogP) is 3.13. The Morgan fingerprint density at radius 2 is 1.81 bits per heavy atom. The molecule has 0 unspecified atom stereocenters. The Morgan fingerprint density at radius 1 is 1.06 bits per heavy atom. The summed E-state index contributed by atoms with van der Waals surface area (Å²) >= 11 is 0. The molecule has 0 aliphatic carbocycles. The third-order valence-corrected chi connectivity index (χ3v) is 7.45. The van der Waals surface area contributed by atoms with E-state index in [1.54, 1.807) is 0 Å². The van der Waals surface area contributed by atoms with Gasteiger partial charge in [0.15, 0.2) is 5.96 Å². The first-order chi connectivity index (χ1) is 15.1. The molecule has 3 heterocycles. The number of benzene rings is 1. The Hall–Kier alpha value is -2.05. The van der Waals surface area contributed by atoms with Crippen LogP contribution in [0.2, 0.25) is 0 Å². The summed E-state index contributed by atoms with van der Waals surface area (Å²) in [5.41, 5.74) is 4.15. The number of aryl methyl sites for hydroxylation is 1. The average Bonchev–Trinajstić information content (AvgIpc) is 3.13. The molecule has 2 aromatic rings. The van der Waals surface area contributed by atoms with Crippen LogP contribution >= 0.6 is 0 Å². The van der Waals surface area contributed by atoms with E-state index in [0.717, 1.165) is 25.5 Å². The summed E-state index contributed by atoms with van der Waals surface area (Å²) in [5.74, 6) is 0.924. The van der Waals surface area contributed by atoms with E-state index >= 15 is 0 Å². The summed E-state index contributed by atoms with van der Waals surface area (Å²) in [7, 11) is 4.13. The summed E-state index contributed by atoms with van der Waals surface area (Å²) in [4.78, 5) is 13.3. The number of aromatic amines is 1. The van der Waals surface area contributed by atoms with Crippen molar-refractivity contribution >= 4 is 16.9 Å². The molecular weight excluding hydrogens is 384 g/mol. The Kier molecular flexibility index (Phi) is 7.18. The molecule has 6 nitrogen and oxygen atoms in total. The third-order valence-electron chi connectivity index (χ3n) is 7.45. The molecule has 31 heavy (non-hydrogen) atoms. The van der Waals surface area contributed by atoms with E-state index in [4.69, 9.17) is 0 Å². The van der Waals surface area contributed by atoms with Crippen LogP contribution in [-0.2, 0) is 6.42 Å². The van der Waals surface area contributed by atoms with Crippen LogP contribution in [0.4, 0.5) is 0 Å². The number of hydrogen-bond donors (Lipinski definition) is 3.